The zero-order valence-electron chi connectivity index (χ0n) is 12.7. The van der Waals surface area contributed by atoms with Crippen molar-refractivity contribution in [2.24, 2.45) is 0 Å². The Morgan fingerprint density at radius 2 is 2.00 bits per heavy atom. The molecule has 1 fully saturated rings. The average molecular weight is 324 g/mol. The van der Waals surface area contributed by atoms with Gasteiger partial charge in [0.25, 0.3) is 5.91 Å². The highest BCUT2D eigenvalue weighted by Crippen LogP contribution is 2.22. The van der Waals surface area contributed by atoms with Crippen LogP contribution in [0.2, 0.25) is 0 Å². The van der Waals surface area contributed by atoms with Crippen molar-refractivity contribution < 1.29 is 9.59 Å². The lowest BCUT2D eigenvalue weighted by molar-refractivity contribution is -0.126. The van der Waals surface area contributed by atoms with Crippen molar-refractivity contribution in [2.45, 2.75) is 38.4 Å². The van der Waals surface area contributed by atoms with Crippen LogP contribution in [0.5, 0.6) is 0 Å². The third kappa shape index (κ3) is 3.10. The minimum Gasteiger partial charge on any atom is -0.357 e. The molecule has 0 bridgehead atoms. The smallest absolute Gasteiger partial charge is 0.254 e. The topological polar surface area (TPSA) is 61.4 Å². The highest BCUT2D eigenvalue weighted by atomic mass is 35.5. The molecule has 0 radical (unpaired) electrons. The number of hydrogen-bond acceptors (Lipinski definition) is 3. The van der Waals surface area contributed by atoms with Crippen molar-refractivity contribution in [2.75, 3.05) is 13.6 Å². The van der Waals surface area contributed by atoms with Crippen LogP contribution in [0, 0.1) is 0 Å². The van der Waals surface area contributed by atoms with Gasteiger partial charge in [0, 0.05) is 32.2 Å². The molecule has 1 saturated heterocycles. The van der Waals surface area contributed by atoms with Gasteiger partial charge >= 0.3 is 0 Å². The van der Waals surface area contributed by atoms with E-state index < -0.39 is 0 Å². The number of carbonyl (C=O) groups excluding carboxylic acids is 2. The minimum absolute atomic E-state index is 0. The maximum atomic E-state index is 12.8. The van der Waals surface area contributed by atoms with Crippen molar-refractivity contribution in [1.29, 1.82) is 0 Å². The molecule has 0 aliphatic carbocycles. The van der Waals surface area contributed by atoms with Crippen LogP contribution in [0.4, 0.5) is 0 Å². The van der Waals surface area contributed by atoms with Crippen molar-refractivity contribution in [3.05, 3.63) is 34.9 Å². The molecule has 2 aliphatic heterocycles. The first kappa shape index (κ1) is 16.8. The van der Waals surface area contributed by atoms with E-state index in [0.717, 1.165) is 32.4 Å². The van der Waals surface area contributed by atoms with E-state index in [0.29, 0.717) is 12.1 Å². The summed E-state index contributed by atoms with van der Waals surface area (Å²) in [6.45, 7) is 2.34. The standard InChI is InChI=1S/C16H21N3O2.ClH/c1-17-15(20)14-4-2-3-7-19(14)16(21)11-5-6-12-9-18-10-13(12)8-11;/h5-6,8,14,18H,2-4,7,9-10H2,1H3,(H,17,20);1H. The fourth-order valence-electron chi connectivity index (χ4n) is 3.21. The molecule has 3 rings (SSSR count). The molecule has 120 valence electrons. The summed E-state index contributed by atoms with van der Waals surface area (Å²) in [5, 5.41) is 5.95. The van der Waals surface area contributed by atoms with E-state index in [-0.39, 0.29) is 30.3 Å². The van der Waals surface area contributed by atoms with E-state index in [9.17, 15) is 9.59 Å². The average Bonchev–Trinajstić information content (AvgIpc) is 3.01. The summed E-state index contributed by atoms with van der Waals surface area (Å²) in [7, 11) is 1.63. The maximum Gasteiger partial charge on any atom is 0.254 e. The quantitative estimate of drug-likeness (QED) is 0.866. The predicted octanol–water partition coefficient (Wildman–Crippen LogP) is 1.45. The monoisotopic (exact) mass is 323 g/mol. The Kier molecular flexibility index (Phi) is 5.42. The first-order chi connectivity index (χ1) is 10.2. The number of benzene rings is 1. The minimum atomic E-state index is -0.331. The van der Waals surface area contributed by atoms with Gasteiger partial charge in [0.05, 0.1) is 0 Å². The largest absolute Gasteiger partial charge is 0.357 e. The van der Waals surface area contributed by atoms with E-state index in [2.05, 4.69) is 10.6 Å². The predicted molar refractivity (Wildman–Crippen MR) is 87.0 cm³/mol. The van der Waals surface area contributed by atoms with E-state index in [1.807, 2.05) is 18.2 Å². The zero-order chi connectivity index (χ0) is 14.8. The van der Waals surface area contributed by atoms with Crippen LogP contribution in [0.1, 0.15) is 40.7 Å². The summed E-state index contributed by atoms with van der Waals surface area (Å²) < 4.78 is 0. The second-order valence-corrected chi connectivity index (χ2v) is 5.71. The first-order valence-electron chi connectivity index (χ1n) is 7.56. The Bertz CT molecular complexity index is 577. The molecule has 2 amide bonds. The fourth-order valence-corrected chi connectivity index (χ4v) is 3.21. The normalized spacial score (nSPS) is 20.0. The third-order valence-corrected chi connectivity index (χ3v) is 4.40. The molecular weight excluding hydrogens is 302 g/mol. The number of amides is 2. The van der Waals surface area contributed by atoms with Gasteiger partial charge in [0.1, 0.15) is 6.04 Å². The molecule has 0 spiro atoms. The molecule has 6 heteroatoms. The van der Waals surface area contributed by atoms with Gasteiger partial charge in [-0.1, -0.05) is 6.07 Å². The van der Waals surface area contributed by atoms with E-state index in [1.165, 1.54) is 11.1 Å². The molecule has 5 nitrogen and oxygen atoms in total. The molecule has 1 unspecified atom stereocenters. The number of fused-ring (bicyclic) bond motifs is 1. The number of piperidine rings is 1. The van der Waals surface area contributed by atoms with Crippen molar-refractivity contribution in [1.82, 2.24) is 15.5 Å². The summed E-state index contributed by atoms with van der Waals surface area (Å²) >= 11 is 0. The van der Waals surface area contributed by atoms with Crippen LogP contribution in [-0.2, 0) is 17.9 Å². The number of halogens is 1. The number of nitrogens with one attached hydrogen (secondary N) is 2. The summed E-state index contributed by atoms with van der Waals surface area (Å²) in [6, 6.07) is 5.53. The molecule has 1 atom stereocenters. The lowest BCUT2D eigenvalue weighted by Crippen LogP contribution is -2.51. The number of carbonyl (C=O) groups is 2. The van der Waals surface area contributed by atoms with Gasteiger partial charge in [-0.05, 0) is 42.5 Å². The van der Waals surface area contributed by atoms with Crippen LogP contribution < -0.4 is 10.6 Å². The lowest BCUT2D eigenvalue weighted by Gasteiger charge is -2.34. The van der Waals surface area contributed by atoms with Gasteiger partial charge in [0.15, 0.2) is 0 Å². The Balaban J connectivity index is 0.00000176. The van der Waals surface area contributed by atoms with E-state index in [1.54, 1.807) is 11.9 Å². The number of hydrogen-bond donors (Lipinski definition) is 2. The molecular formula is C16H22ClN3O2. The second kappa shape index (κ2) is 7.11. The number of likely N-dealkylation sites (N-methyl/N-ethyl adjacent to an activating group) is 1. The highest BCUT2D eigenvalue weighted by Gasteiger charge is 2.32. The zero-order valence-corrected chi connectivity index (χ0v) is 13.5. The SMILES string of the molecule is CNC(=O)C1CCCCN1C(=O)c1ccc2c(c1)CNC2.Cl. The highest BCUT2D eigenvalue weighted by molar-refractivity contribution is 5.98. The van der Waals surface area contributed by atoms with Gasteiger partial charge < -0.3 is 15.5 Å². The second-order valence-electron chi connectivity index (χ2n) is 5.71. The molecule has 0 aromatic heterocycles. The summed E-state index contributed by atoms with van der Waals surface area (Å²) in [6.07, 6.45) is 2.71. The first-order valence-corrected chi connectivity index (χ1v) is 7.56. The Hall–Kier alpha value is -1.59. The number of nitrogens with zero attached hydrogens (tertiary/aromatic N) is 1. The van der Waals surface area contributed by atoms with Crippen LogP contribution in [-0.4, -0.2) is 36.3 Å². The summed E-state index contributed by atoms with van der Waals surface area (Å²) in [5.74, 6) is -0.0936. The molecule has 2 N–H and O–H groups in total. The molecule has 1 aromatic rings. The van der Waals surface area contributed by atoms with Crippen LogP contribution >= 0.6 is 12.4 Å². The van der Waals surface area contributed by atoms with E-state index in [4.69, 9.17) is 0 Å². The lowest BCUT2D eigenvalue weighted by atomic mass is 9.99. The van der Waals surface area contributed by atoms with Crippen molar-refractivity contribution in [3.63, 3.8) is 0 Å². The fraction of sp³-hybridized carbons (Fsp3) is 0.500. The maximum absolute atomic E-state index is 12.8. The van der Waals surface area contributed by atoms with Gasteiger partial charge in [-0.2, -0.15) is 0 Å². The van der Waals surface area contributed by atoms with Crippen molar-refractivity contribution in [3.8, 4) is 0 Å². The van der Waals surface area contributed by atoms with Crippen LogP contribution in [0.15, 0.2) is 18.2 Å². The third-order valence-electron chi connectivity index (χ3n) is 4.40. The van der Waals surface area contributed by atoms with Crippen molar-refractivity contribution >= 4 is 24.2 Å². The van der Waals surface area contributed by atoms with Crippen LogP contribution in [0.3, 0.4) is 0 Å². The Labute approximate surface area is 136 Å². The van der Waals surface area contributed by atoms with Crippen LogP contribution in [0.25, 0.3) is 0 Å². The molecule has 2 aliphatic rings. The molecule has 1 aromatic carbocycles. The molecule has 22 heavy (non-hydrogen) atoms. The Morgan fingerprint density at radius 1 is 1.23 bits per heavy atom. The van der Waals surface area contributed by atoms with Gasteiger partial charge in [-0.3, -0.25) is 9.59 Å². The van der Waals surface area contributed by atoms with Gasteiger partial charge in [0.2, 0.25) is 5.91 Å². The number of rotatable bonds is 2. The van der Waals surface area contributed by atoms with Gasteiger partial charge in [-0.15, -0.1) is 12.4 Å². The van der Waals surface area contributed by atoms with Gasteiger partial charge in [-0.25, -0.2) is 0 Å². The Morgan fingerprint density at radius 3 is 2.77 bits per heavy atom. The summed E-state index contributed by atoms with van der Waals surface area (Å²) in [4.78, 5) is 26.5. The molecule has 0 saturated carbocycles. The van der Waals surface area contributed by atoms with E-state index >= 15 is 0 Å². The summed E-state index contributed by atoms with van der Waals surface area (Å²) in [5.41, 5.74) is 3.13. The molecule has 2 heterocycles. The number of likely N-dealkylation sites (tertiary alicyclic amines) is 1.